The molecule has 1 rings (SSSR count). The molecule has 0 aromatic carbocycles. The van der Waals surface area contributed by atoms with E-state index in [4.69, 9.17) is 5.73 Å². The van der Waals surface area contributed by atoms with Gasteiger partial charge >= 0.3 is 0 Å². The molecule has 0 bridgehead atoms. The van der Waals surface area contributed by atoms with Gasteiger partial charge in [-0.2, -0.15) is 0 Å². The Bertz CT molecular complexity index is 1010. The van der Waals surface area contributed by atoms with Crippen LogP contribution in [0, 0.1) is 5.92 Å². The highest BCUT2D eigenvalue weighted by Gasteiger charge is 2.05. The minimum Gasteiger partial charge on any atom is -0.330 e. The molecule has 0 saturated carbocycles. The van der Waals surface area contributed by atoms with E-state index in [2.05, 4.69) is 82.7 Å². The van der Waals surface area contributed by atoms with Gasteiger partial charge in [-0.15, -0.1) is 0 Å². The summed E-state index contributed by atoms with van der Waals surface area (Å²) in [4.78, 5) is 7.48. The fourth-order valence-electron chi connectivity index (χ4n) is 12.1. The lowest BCUT2D eigenvalue weighted by Crippen LogP contribution is -2.40. The Morgan fingerprint density at radius 2 is 0.470 bits per heavy atom. The molecule has 5 nitrogen and oxygen atoms in total. The first-order valence-corrected chi connectivity index (χ1v) is 39.3. The Kier molecular flexibility index (Phi) is 85.7. The molecule has 0 aliphatic carbocycles. The molecule has 1 saturated heterocycles. The molecule has 83 heavy (non-hydrogen) atoms. The first-order valence-electron chi connectivity index (χ1n) is 39.3. The summed E-state index contributed by atoms with van der Waals surface area (Å²) in [5.41, 5.74) is 5.42. The first kappa shape index (κ1) is 87.0. The van der Waals surface area contributed by atoms with Gasteiger partial charge in [-0.1, -0.05) is 388 Å². The lowest BCUT2D eigenvalue weighted by atomic mass is 9.96. The molecule has 504 valence electrons. The summed E-state index contributed by atoms with van der Waals surface area (Å²) in [6.45, 7) is 24.8. The molecule has 1 unspecified atom stereocenters. The number of piperazine rings is 1. The van der Waals surface area contributed by atoms with Crippen LogP contribution >= 0.6 is 0 Å². The van der Waals surface area contributed by atoms with E-state index < -0.39 is 0 Å². The van der Waals surface area contributed by atoms with E-state index in [-0.39, 0.29) is 0 Å². The second kappa shape index (κ2) is 81.8. The molecule has 1 heterocycles. The van der Waals surface area contributed by atoms with Crippen LogP contribution in [-0.4, -0.2) is 94.7 Å². The number of hydrogen-bond donors (Lipinski definition) is 2. The van der Waals surface area contributed by atoms with Crippen molar-refractivity contribution in [3.63, 3.8) is 0 Å². The summed E-state index contributed by atoms with van der Waals surface area (Å²) in [7, 11) is 6.82. The average Bonchev–Trinajstić information content (AvgIpc) is 3.49. The molecule has 3 N–H and O–H groups in total. The molecule has 1 atom stereocenters. The number of nitrogens with one attached hydrogen (secondary N) is 1. The van der Waals surface area contributed by atoms with Gasteiger partial charge in [0.25, 0.3) is 0 Å². The second-order valence-corrected chi connectivity index (χ2v) is 27.5. The van der Waals surface area contributed by atoms with E-state index in [0.29, 0.717) is 0 Å². The summed E-state index contributed by atoms with van der Waals surface area (Å²) < 4.78 is 0. The van der Waals surface area contributed by atoms with Gasteiger partial charge < -0.3 is 25.8 Å². The van der Waals surface area contributed by atoms with E-state index in [0.717, 1.165) is 25.6 Å². The predicted molar refractivity (Wildman–Crippen MR) is 384 cm³/mol. The number of nitrogens with two attached hydrogens (primary N) is 1. The molecular weight excluding hydrogens is 1010 g/mol. The predicted octanol–water partition coefficient (Wildman–Crippen LogP) is 25.1. The standard InChI is InChI=1S/C36H75N.C25H53N.C12H27N.C5H12N2/c1-5-7-9-11-13-14-15-16-17-18-19-20-22-26-30-34-37(4)35-31-27-23-21-25-29-33-36(3)32-28-24-12-10-8-6-2;1-4-6-8-10-12-14-16-18-20-22-24-26(3)25-23-21-19-17-15-13-11-9-7-5-2;1-2-3-4-5-6-7-8-9-10-11-12-13;1-7-4-2-6-3-5-7/h36H,5-35H2,1-4H3;4-25H2,1-3H3;2-13H2,1H3;6H,2-5H2,1H3. The fourth-order valence-corrected chi connectivity index (χ4v) is 12.1. The normalized spacial score (nSPS) is 13.0. The van der Waals surface area contributed by atoms with Gasteiger partial charge in [-0.05, 0) is 91.9 Å². The largest absolute Gasteiger partial charge is 0.330 e. The number of unbranched alkanes of at least 4 members (excludes halogenated alkanes) is 51. The molecule has 0 spiro atoms. The summed E-state index contributed by atoms with van der Waals surface area (Å²) in [5.74, 6) is 0.958. The van der Waals surface area contributed by atoms with Crippen LogP contribution in [0.4, 0.5) is 0 Å². The number of nitrogens with zero attached hydrogens (tertiary/aromatic N) is 3. The Balaban J connectivity index is -0.00000119. The van der Waals surface area contributed by atoms with Crippen molar-refractivity contribution in [2.45, 2.75) is 420 Å². The van der Waals surface area contributed by atoms with Crippen LogP contribution in [0.2, 0.25) is 0 Å². The number of hydrogen-bond acceptors (Lipinski definition) is 5. The average molecular weight is 1180 g/mol. The van der Waals surface area contributed by atoms with E-state index in [1.807, 2.05) is 0 Å². The zero-order valence-corrected chi connectivity index (χ0v) is 60.1. The first-order chi connectivity index (χ1) is 40.8. The lowest BCUT2D eigenvalue weighted by Gasteiger charge is -2.21. The zero-order valence-electron chi connectivity index (χ0n) is 60.1. The van der Waals surface area contributed by atoms with Crippen molar-refractivity contribution in [2.24, 2.45) is 11.7 Å². The van der Waals surface area contributed by atoms with Crippen molar-refractivity contribution in [2.75, 3.05) is 80.0 Å². The molecule has 1 fully saturated rings. The summed E-state index contributed by atoms with van der Waals surface area (Å²) in [6.07, 6.45) is 85.0. The highest BCUT2D eigenvalue weighted by atomic mass is 15.2. The molecule has 1 aliphatic rings. The number of rotatable bonds is 64. The van der Waals surface area contributed by atoms with Crippen LogP contribution in [0.5, 0.6) is 0 Å². The van der Waals surface area contributed by atoms with Gasteiger partial charge in [0, 0.05) is 26.2 Å². The highest BCUT2D eigenvalue weighted by molar-refractivity contribution is 4.63. The van der Waals surface area contributed by atoms with E-state index >= 15 is 0 Å². The third-order valence-corrected chi connectivity index (χ3v) is 18.4. The van der Waals surface area contributed by atoms with Crippen LogP contribution in [0.1, 0.15) is 420 Å². The second-order valence-electron chi connectivity index (χ2n) is 27.5. The summed E-state index contributed by atoms with van der Waals surface area (Å²) in [5, 5.41) is 3.27. The Labute approximate surface area is 529 Å². The quantitative estimate of drug-likeness (QED) is 0.0595. The molecule has 0 aromatic rings. The van der Waals surface area contributed by atoms with Gasteiger partial charge in [-0.3, -0.25) is 0 Å². The minimum atomic E-state index is 0.872. The van der Waals surface area contributed by atoms with Crippen molar-refractivity contribution in [3.8, 4) is 0 Å². The van der Waals surface area contributed by atoms with Crippen molar-refractivity contribution < 1.29 is 0 Å². The maximum absolute atomic E-state index is 5.42. The monoisotopic (exact) mass is 1170 g/mol. The van der Waals surface area contributed by atoms with Gasteiger partial charge in [0.1, 0.15) is 0 Å². The third kappa shape index (κ3) is 86.1. The Morgan fingerprint density at radius 1 is 0.289 bits per heavy atom. The van der Waals surface area contributed by atoms with Crippen LogP contribution in [0.25, 0.3) is 0 Å². The highest BCUT2D eigenvalue weighted by Crippen LogP contribution is 2.20. The maximum Gasteiger partial charge on any atom is 0.0104 e. The van der Waals surface area contributed by atoms with Crippen molar-refractivity contribution in [1.29, 1.82) is 0 Å². The van der Waals surface area contributed by atoms with Crippen molar-refractivity contribution in [1.82, 2.24) is 20.0 Å². The van der Waals surface area contributed by atoms with Crippen LogP contribution in [0.3, 0.4) is 0 Å². The molecule has 0 amide bonds. The molecule has 0 aromatic heterocycles. The molecule has 5 heteroatoms. The molecular formula is C78H167N5. The Morgan fingerprint density at radius 3 is 0.651 bits per heavy atom. The topological polar surface area (TPSA) is 47.8 Å². The van der Waals surface area contributed by atoms with Gasteiger partial charge in [-0.25, -0.2) is 0 Å². The minimum absolute atomic E-state index is 0.872. The SMILES string of the molecule is CCCCCCCCCCCCCCCCCN(C)CCCCCCCCC(C)CCCCCCCC.CCCCCCCCCCCCN.CCCCCCCCCCCCN(C)CCCCCCCCCCCC.CN1CCNCC1. The van der Waals surface area contributed by atoms with Gasteiger partial charge in [0.05, 0.1) is 0 Å². The molecule has 1 aliphatic heterocycles. The lowest BCUT2D eigenvalue weighted by molar-refractivity contribution is 0.291. The fraction of sp³-hybridized carbons (Fsp3) is 1.00. The Hall–Kier alpha value is -0.200. The smallest absolute Gasteiger partial charge is 0.0104 e. The van der Waals surface area contributed by atoms with E-state index in [9.17, 15) is 0 Å². The summed E-state index contributed by atoms with van der Waals surface area (Å²) in [6, 6.07) is 0. The van der Waals surface area contributed by atoms with Crippen molar-refractivity contribution in [3.05, 3.63) is 0 Å². The number of likely N-dealkylation sites (N-methyl/N-ethyl adjacent to an activating group) is 1. The van der Waals surface area contributed by atoms with Crippen molar-refractivity contribution >= 4 is 0 Å². The van der Waals surface area contributed by atoms with Gasteiger partial charge in [0.15, 0.2) is 0 Å². The summed E-state index contributed by atoms with van der Waals surface area (Å²) >= 11 is 0. The van der Waals surface area contributed by atoms with E-state index in [1.54, 1.807) is 0 Å². The maximum atomic E-state index is 5.42. The van der Waals surface area contributed by atoms with Crippen LogP contribution in [-0.2, 0) is 0 Å². The van der Waals surface area contributed by atoms with Crippen LogP contribution < -0.4 is 11.1 Å². The van der Waals surface area contributed by atoms with Gasteiger partial charge in [0.2, 0.25) is 0 Å². The third-order valence-electron chi connectivity index (χ3n) is 18.4. The molecule has 0 radical (unpaired) electrons. The van der Waals surface area contributed by atoms with Crippen LogP contribution in [0.15, 0.2) is 0 Å². The zero-order chi connectivity index (χ0) is 61.1. The van der Waals surface area contributed by atoms with E-state index in [1.165, 1.54) is 418 Å².